The summed E-state index contributed by atoms with van der Waals surface area (Å²) < 4.78 is 18.5. The lowest BCUT2D eigenvalue weighted by molar-refractivity contribution is -0.0746. The van der Waals surface area contributed by atoms with Gasteiger partial charge in [-0.2, -0.15) is 0 Å². The minimum absolute atomic E-state index is 0.261. The predicted octanol–water partition coefficient (Wildman–Crippen LogP) is 5.94. The molecule has 0 N–H and O–H groups in total. The van der Waals surface area contributed by atoms with Crippen molar-refractivity contribution in [1.29, 1.82) is 0 Å². The Hall–Kier alpha value is -0.683. The first-order valence-corrected chi connectivity index (χ1v) is 13.1. The van der Waals surface area contributed by atoms with Crippen LogP contribution in [0, 0.1) is 0 Å². The van der Waals surface area contributed by atoms with Crippen LogP contribution in [0.2, 0.25) is 18.1 Å². The van der Waals surface area contributed by atoms with E-state index in [0.29, 0.717) is 12.7 Å². The van der Waals surface area contributed by atoms with E-state index in [1.165, 1.54) is 18.4 Å². The fourth-order valence-electron chi connectivity index (χ4n) is 3.01. The van der Waals surface area contributed by atoms with Crippen molar-refractivity contribution in [2.45, 2.75) is 89.8 Å². The summed E-state index contributed by atoms with van der Waals surface area (Å²) in [4.78, 5) is 0. The maximum Gasteiger partial charge on any atom is 0.192 e. The number of hydrogen-bond acceptors (Lipinski definition) is 3. The van der Waals surface area contributed by atoms with E-state index in [9.17, 15) is 0 Å². The molecule has 1 aromatic carbocycles. The minimum atomic E-state index is -1.68. The van der Waals surface area contributed by atoms with Crippen LogP contribution in [0.5, 0.6) is 0 Å². The highest BCUT2D eigenvalue weighted by Crippen LogP contribution is 2.37. The standard InChI is InChI=1S/C22H38O3Si/c1-22(2,3)26(4,5)24-18-21-14-9-13-20(25-21)15-10-16-23-17-19-11-7-6-8-12-19/h6-8,11-12,20-21H,9-10,13-18H2,1-5H3/t20-,21-/m1/s1. The molecule has 0 spiro atoms. The Labute approximate surface area is 161 Å². The molecule has 1 fully saturated rings. The zero-order valence-electron chi connectivity index (χ0n) is 17.4. The molecule has 2 atom stereocenters. The molecule has 26 heavy (non-hydrogen) atoms. The average molecular weight is 379 g/mol. The maximum absolute atomic E-state index is 6.36. The van der Waals surface area contributed by atoms with Gasteiger partial charge < -0.3 is 13.9 Å². The van der Waals surface area contributed by atoms with Crippen LogP contribution < -0.4 is 0 Å². The molecule has 0 aliphatic carbocycles. The van der Waals surface area contributed by atoms with Gasteiger partial charge in [0.2, 0.25) is 0 Å². The lowest BCUT2D eigenvalue weighted by Crippen LogP contribution is -2.44. The van der Waals surface area contributed by atoms with Crippen LogP contribution in [-0.4, -0.2) is 33.7 Å². The topological polar surface area (TPSA) is 27.7 Å². The van der Waals surface area contributed by atoms with Crippen molar-refractivity contribution in [3.05, 3.63) is 35.9 Å². The van der Waals surface area contributed by atoms with Gasteiger partial charge in [0.25, 0.3) is 0 Å². The van der Waals surface area contributed by atoms with E-state index in [2.05, 4.69) is 58.1 Å². The van der Waals surface area contributed by atoms with E-state index in [1.54, 1.807) is 0 Å². The third-order valence-corrected chi connectivity index (χ3v) is 10.3. The highest BCUT2D eigenvalue weighted by atomic mass is 28.4. The van der Waals surface area contributed by atoms with E-state index in [-0.39, 0.29) is 11.1 Å². The predicted molar refractivity (Wildman–Crippen MR) is 111 cm³/mol. The molecule has 0 amide bonds. The van der Waals surface area contributed by atoms with Crippen LogP contribution in [0.15, 0.2) is 30.3 Å². The van der Waals surface area contributed by atoms with Crippen LogP contribution in [-0.2, 0) is 20.5 Å². The van der Waals surface area contributed by atoms with Crippen LogP contribution in [0.4, 0.5) is 0 Å². The van der Waals surface area contributed by atoms with Gasteiger partial charge in [-0.15, -0.1) is 0 Å². The molecular weight excluding hydrogens is 340 g/mol. The molecule has 2 rings (SSSR count). The number of ether oxygens (including phenoxy) is 2. The van der Waals surface area contributed by atoms with Crippen LogP contribution in [0.25, 0.3) is 0 Å². The summed E-state index contributed by atoms with van der Waals surface area (Å²) >= 11 is 0. The second kappa shape index (κ2) is 10.0. The first-order valence-electron chi connectivity index (χ1n) is 10.2. The molecule has 1 heterocycles. The molecule has 1 aromatic rings. The Morgan fingerprint density at radius 3 is 2.46 bits per heavy atom. The van der Waals surface area contributed by atoms with Crippen molar-refractivity contribution in [2.75, 3.05) is 13.2 Å². The largest absolute Gasteiger partial charge is 0.414 e. The summed E-state index contributed by atoms with van der Waals surface area (Å²) in [6.45, 7) is 13.8. The molecule has 0 radical (unpaired) electrons. The minimum Gasteiger partial charge on any atom is -0.414 e. The monoisotopic (exact) mass is 378 g/mol. The second-order valence-electron chi connectivity index (χ2n) is 9.06. The van der Waals surface area contributed by atoms with Crippen molar-refractivity contribution in [1.82, 2.24) is 0 Å². The van der Waals surface area contributed by atoms with Gasteiger partial charge in [-0.1, -0.05) is 51.1 Å². The number of hydrogen-bond donors (Lipinski definition) is 0. The lowest BCUT2D eigenvalue weighted by atomic mass is 10.0. The summed E-state index contributed by atoms with van der Waals surface area (Å²) in [5.74, 6) is 0. The molecule has 1 aliphatic heterocycles. The van der Waals surface area contributed by atoms with Gasteiger partial charge in [0.05, 0.1) is 25.4 Å². The Bertz CT molecular complexity index is 510. The smallest absolute Gasteiger partial charge is 0.192 e. The summed E-state index contributed by atoms with van der Waals surface area (Å²) in [6.07, 6.45) is 6.36. The van der Waals surface area contributed by atoms with Crippen molar-refractivity contribution in [3.8, 4) is 0 Å². The van der Waals surface area contributed by atoms with Gasteiger partial charge in [0.1, 0.15) is 0 Å². The van der Waals surface area contributed by atoms with Gasteiger partial charge in [-0.3, -0.25) is 0 Å². The zero-order chi connectivity index (χ0) is 19.0. The fraction of sp³-hybridized carbons (Fsp3) is 0.727. The molecule has 148 valence electrons. The van der Waals surface area contributed by atoms with E-state index in [4.69, 9.17) is 13.9 Å². The van der Waals surface area contributed by atoms with Crippen LogP contribution in [0.3, 0.4) is 0 Å². The molecule has 1 aliphatic rings. The third-order valence-electron chi connectivity index (χ3n) is 5.80. The van der Waals surface area contributed by atoms with Crippen molar-refractivity contribution in [3.63, 3.8) is 0 Å². The van der Waals surface area contributed by atoms with Gasteiger partial charge in [-0.25, -0.2) is 0 Å². The summed E-state index contributed by atoms with van der Waals surface area (Å²) in [5.41, 5.74) is 1.24. The van der Waals surface area contributed by atoms with Gasteiger partial charge in [0, 0.05) is 6.61 Å². The molecule has 0 bridgehead atoms. The highest BCUT2D eigenvalue weighted by Gasteiger charge is 2.38. The first kappa shape index (κ1) is 21.6. The Morgan fingerprint density at radius 1 is 1.08 bits per heavy atom. The van der Waals surface area contributed by atoms with Crippen molar-refractivity contribution < 1.29 is 13.9 Å². The molecule has 0 unspecified atom stereocenters. The molecule has 4 heteroatoms. The second-order valence-corrected chi connectivity index (χ2v) is 13.9. The van der Waals surface area contributed by atoms with Crippen molar-refractivity contribution >= 4 is 8.32 Å². The van der Waals surface area contributed by atoms with Crippen LogP contribution in [0.1, 0.15) is 58.4 Å². The molecule has 0 aromatic heterocycles. The summed E-state index contributed by atoms with van der Waals surface area (Å²) in [6, 6.07) is 10.4. The quantitative estimate of drug-likeness (QED) is 0.393. The SMILES string of the molecule is CC(C)(C)[Si](C)(C)OC[C@H]1CCC[C@H](CCCOCc2ccccc2)O1. The van der Waals surface area contributed by atoms with Gasteiger partial charge in [-0.05, 0) is 55.8 Å². The molecule has 0 saturated carbocycles. The third kappa shape index (κ3) is 7.14. The zero-order valence-corrected chi connectivity index (χ0v) is 18.4. The van der Waals surface area contributed by atoms with E-state index < -0.39 is 8.32 Å². The summed E-state index contributed by atoms with van der Waals surface area (Å²) in [5, 5.41) is 0.261. The number of rotatable bonds is 9. The number of benzene rings is 1. The Morgan fingerprint density at radius 2 is 1.77 bits per heavy atom. The van der Waals surface area contributed by atoms with E-state index in [1.807, 2.05) is 6.07 Å². The highest BCUT2D eigenvalue weighted by molar-refractivity contribution is 6.74. The molecule has 1 saturated heterocycles. The lowest BCUT2D eigenvalue weighted by Gasteiger charge is -2.38. The molecular formula is C22H38O3Si. The van der Waals surface area contributed by atoms with Crippen molar-refractivity contribution in [2.24, 2.45) is 0 Å². The Kier molecular flexibility index (Phi) is 8.33. The van der Waals surface area contributed by atoms with Gasteiger partial charge >= 0.3 is 0 Å². The average Bonchev–Trinajstić information content (AvgIpc) is 2.60. The Balaban J connectivity index is 1.62. The summed E-state index contributed by atoms with van der Waals surface area (Å²) in [7, 11) is -1.68. The fourth-order valence-corrected chi connectivity index (χ4v) is 4.05. The maximum atomic E-state index is 6.36. The normalized spacial score (nSPS) is 21.7. The van der Waals surface area contributed by atoms with Crippen LogP contribution >= 0.6 is 0 Å². The molecule has 3 nitrogen and oxygen atoms in total. The van der Waals surface area contributed by atoms with E-state index in [0.717, 1.165) is 32.5 Å². The first-order chi connectivity index (χ1) is 12.3. The van der Waals surface area contributed by atoms with E-state index >= 15 is 0 Å². The van der Waals surface area contributed by atoms with Gasteiger partial charge in [0.15, 0.2) is 8.32 Å².